The van der Waals surface area contributed by atoms with Crippen LogP contribution in [-0.4, -0.2) is 70.8 Å². The molecule has 2 aromatic rings. The first-order chi connectivity index (χ1) is 17.6. The molecule has 9 nitrogen and oxygen atoms in total. The first-order valence-corrected chi connectivity index (χ1v) is 11.9. The van der Waals surface area contributed by atoms with Gasteiger partial charge in [0.15, 0.2) is 11.5 Å². The Morgan fingerprint density at radius 3 is 2.44 bits per heavy atom. The number of methoxy groups -OCH3 is 3. The molecule has 2 heterocycles. The van der Waals surface area contributed by atoms with Gasteiger partial charge >= 0.3 is 0 Å². The van der Waals surface area contributed by atoms with Crippen molar-refractivity contribution in [2.75, 3.05) is 41.7 Å². The molecule has 5 rings (SSSR count). The van der Waals surface area contributed by atoms with Crippen LogP contribution in [0.1, 0.15) is 23.5 Å². The molecule has 1 fully saturated rings. The van der Waals surface area contributed by atoms with Gasteiger partial charge in [0, 0.05) is 20.8 Å². The average Bonchev–Trinajstić information content (AvgIpc) is 3.48. The van der Waals surface area contributed by atoms with Crippen LogP contribution in [0.4, 0.5) is 0 Å². The predicted octanol–water partition coefficient (Wildman–Crippen LogP) is 3.23. The monoisotopic (exact) mass is 497 g/mol. The average molecular weight is 498 g/mol. The summed E-state index contributed by atoms with van der Waals surface area (Å²) in [6.07, 6.45) is 1.98. The Labute approximate surface area is 210 Å². The van der Waals surface area contributed by atoms with E-state index in [1.54, 1.807) is 21.3 Å². The fourth-order valence-corrected chi connectivity index (χ4v) is 5.19. The summed E-state index contributed by atoms with van der Waals surface area (Å²) in [4.78, 5) is 16.0. The highest BCUT2D eigenvalue weighted by Gasteiger charge is 2.52. The lowest BCUT2D eigenvalue weighted by Crippen LogP contribution is -2.51. The lowest BCUT2D eigenvalue weighted by atomic mass is 9.82. The Hall–Kier alpha value is -3.11. The molecule has 4 atom stereocenters. The quantitative estimate of drug-likeness (QED) is 0.366. The van der Waals surface area contributed by atoms with E-state index in [0.29, 0.717) is 24.5 Å². The molecule has 1 saturated heterocycles. The number of benzene rings is 2. The Kier molecular flexibility index (Phi) is 7.43. The SMILES string of the molecule is COCO[C@H]1[C@H](OCOC)CC=C2[C@@H](c3ccc4c(c3)OCO4)C(=O)N(Cc3ccc(OC)cc3)[C@@H]21. The fourth-order valence-electron chi connectivity index (χ4n) is 5.19. The van der Waals surface area contributed by atoms with Crippen molar-refractivity contribution in [3.63, 3.8) is 0 Å². The number of fused-ring (bicyclic) bond motifs is 2. The molecular weight excluding hydrogens is 466 g/mol. The lowest BCUT2D eigenvalue weighted by Gasteiger charge is -2.39. The largest absolute Gasteiger partial charge is 0.497 e. The van der Waals surface area contributed by atoms with E-state index in [1.807, 2.05) is 47.4 Å². The molecule has 0 unspecified atom stereocenters. The number of rotatable bonds is 10. The van der Waals surface area contributed by atoms with Gasteiger partial charge in [0.2, 0.25) is 12.7 Å². The normalized spacial score (nSPS) is 24.6. The van der Waals surface area contributed by atoms with Gasteiger partial charge in [-0.3, -0.25) is 4.79 Å². The first kappa shape index (κ1) is 24.6. The second-order valence-electron chi connectivity index (χ2n) is 8.89. The molecule has 1 aliphatic carbocycles. The standard InChI is InChI=1S/C27H31NO8/c1-30-14-33-22-11-9-20-24(18-6-10-21-23(12-18)35-16-34-21)27(29)28(25(20)26(22)36-15-31-2)13-17-4-7-19(32-3)8-5-17/h4-10,12,22,24-26H,11,13-16H2,1-3H3/t22-,24-,25+,26+/m1/s1. The Morgan fingerprint density at radius 1 is 0.944 bits per heavy atom. The minimum absolute atomic E-state index is 0.000610. The van der Waals surface area contributed by atoms with Crippen LogP contribution < -0.4 is 14.2 Å². The lowest BCUT2D eigenvalue weighted by molar-refractivity contribution is -0.174. The molecule has 0 spiro atoms. The van der Waals surface area contributed by atoms with Crippen LogP contribution in [0.15, 0.2) is 54.1 Å². The van der Waals surface area contributed by atoms with Crippen molar-refractivity contribution >= 4 is 5.91 Å². The van der Waals surface area contributed by atoms with Crippen molar-refractivity contribution in [2.24, 2.45) is 0 Å². The van der Waals surface area contributed by atoms with E-state index in [9.17, 15) is 4.79 Å². The number of ether oxygens (including phenoxy) is 7. The second-order valence-corrected chi connectivity index (χ2v) is 8.89. The zero-order valence-corrected chi connectivity index (χ0v) is 20.7. The van der Waals surface area contributed by atoms with E-state index in [1.165, 1.54) is 0 Å². The maximum atomic E-state index is 14.1. The van der Waals surface area contributed by atoms with Crippen LogP contribution >= 0.6 is 0 Å². The number of hydrogen-bond donors (Lipinski definition) is 0. The molecule has 2 aromatic carbocycles. The van der Waals surface area contributed by atoms with Crippen molar-refractivity contribution in [3.8, 4) is 17.2 Å². The van der Waals surface area contributed by atoms with Gasteiger partial charge in [-0.25, -0.2) is 0 Å². The molecule has 9 heteroatoms. The Bertz CT molecular complexity index is 1100. The predicted molar refractivity (Wildman–Crippen MR) is 129 cm³/mol. The van der Waals surface area contributed by atoms with E-state index in [0.717, 1.165) is 22.4 Å². The Morgan fingerprint density at radius 2 is 1.69 bits per heavy atom. The van der Waals surface area contributed by atoms with Gasteiger partial charge in [0.25, 0.3) is 0 Å². The third-order valence-electron chi connectivity index (χ3n) is 6.82. The summed E-state index contributed by atoms with van der Waals surface area (Å²) in [5.74, 6) is 1.63. The highest BCUT2D eigenvalue weighted by molar-refractivity contribution is 5.92. The number of hydrogen-bond acceptors (Lipinski definition) is 8. The van der Waals surface area contributed by atoms with E-state index in [4.69, 9.17) is 33.2 Å². The fraction of sp³-hybridized carbons (Fsp3) is 0.444. The molecule has 1 amide bonds. The molecule has 0 saturated carbocycles. The summed E-state index contributed by atoms with van der Waals surface area (Å²) in [6.45, 7) is 0.805. The summed E-state index contributed by atoms with van der Waals surface area (Å²) in [5, 5.41) is 0. The van der Waals surface area contributed by atoms with Gasteiger partial charge in [0.05, 0.1) is 25.2 Å². The third kappa shape index (κ3) is 4.67. The van der Waals surface area contributed by atoms with Crippen LogP contribution in [0, 0.1) is 0 Å². The van der Waals surface area contributed by atoms with Gasteiger partial charge in [0.1, 0.15) is 25.4 Å². The third-order valence-corrected chi connectivity index (χ3v) is 6.82. The van der Waals surface area contributed by atoms with E-state index in [-0.39, 0.29) is 38.4 Å². The number of likely N-dealkylation sites (tertiary alicyclic amines) is 1. The zero-order valence-electron chi connectivity index (χ0n) is 20.7. The van der Waals surface area contributed by atoms with E-state index < -0.39 is 12.0 Å². The van der Waals surface area contributed by atoms with Crippen LogP contribution in [0.3, 0.4) is 0 Å². The molecule has 0 N–H and O–H groups in total. The van der Waals surface area contributed by atoms with Crippen LogP contribution in [0.25, 0.3) is 0 Å². The van der Waals surface area contributed by atoms with Gasteiger partial charge < -0.3 is 38.1 Å². The molecule has 0 aromatic heterocycles. The first-order valence-electron chi connectivity index (χ1n) is 11.9. The molecular formula is C27H31NO8. The number of amides is 1. The second kappa shape index (κ2) is 10.9. The molecule has 0 bridgehead atoms. The summed E-state index contributed by atoms with van der Waals surface area (Å²) < 4.78 is 38.9. The summed E-state index contributed by atoms with van der Waals surface area (Å²) in [5.41, 5.74) is 2.84. The van der Waals surface area contributed by atoms with Crippen molar-refractivity contribution in [3.05, 3.63) is 65.2 Å². The van der Waals surface area contributed by atoms with E-state index in [2.05, 4.69) is 6.08 Å². The van der Waals surface area contributed by atoms with Gasteiger partial charge in [-0.05, 0) is 47.4 Å². The van der Waals surface area contributed by atoms with Gasteiger partial charge in [-0.2, -0.15) is 0 Å². The van der Waals surface area contributed by atoms with Gasteiger partial charge in [-0.15, -0.1) is 0 Å². The smallest absolute Gasteiger partial charge is 0.235 e. The molecule has 192 valence electrons. The van der Waals surface area contributed by atoms with Crippen LogP contribution in [0.5, 0.6) is 17.2 Å². The van der Waals surface area contributed by atoms with Crippen molar-refractivity contribution in [1.29, 1.82) is 0 Å². The highest BCUT2D eigenvalue weighted by atomic mass is 16.7. The molecule has 0 radical (unpaired) electrons. The minimum atomic E-state index is -0.459. The maximum absolute atomic E-state index is 14.1. The summed E-state index contributed by atoms with van der Waals surface area (Å²) in [7, 11) is 4.79. The molecule has 2 aliphatic heterocycles. The van der Waals surface area contributed by atoms with E-state index >= 15 is 0 Å². The minimum Gasteiger partial charge on any atom is -0.497 e. The van der Waals surface area contributed by atoms with Crippen molar-refractivity contribution < 1.29 is 38.0 Å². The highest BCUT2D eigenvalue weighted by Crippen LogP contribution is 2.46. The van der Waals surface area contributed by atoms with Crippen molar-refractivity contribution in [2.45, 2.75) is 37.1 Å². The number of carbonyl (C=O) groups excluding carboxylic acids is 1. The molecule has 3 aliphatic rings. The maximum Gasteiger partial charge on any atom is 0.235 e. The Balaban J connectivity index is 1.53. The van der Waals surface area contributed by atoms with Crippen molar-refractivity contribution in [1.82, 2.24) is 4.90 Å². The zero-order chi connectivity index (χ0) is 25.1. The summed E-state index contributed by atoms with van der Waals surface area (Å²) >= 11 is 0. The number of nitrogens with zero attached hydrogens (tertiary/aromatic N) is 1. The molecule has 36 heavy (non-hydrogen) atoms. The van der Waals surface area contributed by atoms with Crippen LogP contribution in [0.2, 0.25) is 0 Å². The van der Waals surface area contributed by atoms with Gasteiger partial charge in [-0.1, -0.05) is 24.3 Å². The van der Waals surface area contributed by atoms with Crippen LogP contribution in [-0.2, 0) is 30.3 Å². The number of carbonyl (C=O) groups is 1. The summed E-state index contributed by atoms with van der Waals surface area (Å²) in [6, 6.07) is 13.1. The topological polar surface area (TPSA) is 84.9 Å².